The molecule has 1 aliphatic rings. The molecule has 0 aromatic rings. The third-order valence-corrected chi connectivity index (χ3v) is 3.92. The highest BCUT2D eigenvalue weighted by molar-refractivity contribution is 5.81. The zero-order chi connectivity index (χ0) is 14.5. The molecule has 0 saturated heterocycles. The number of likely N-dealkylation sites (N-methyl/N-ethyl adjacent to an activating group) is 1. The number of nitrogens with zero attached hydrogens (tertiary/aromatic N) is 1. The normalized spacial score (nSPS) is 27.8. The first-order valence-corrected chi connectivity index (χ1v) is 6.79. The van der Waals surface area contributed by atoms with Gasteiger partial charge >= 0.3 is 5.97 Å². The molecule has 0 aromatic carbocycles. The largest absolute Gasteiger partial charge is 0.465 e. The molecule has 19 heavy (non-hydrogen) atoms. The van der Waals surface area contributed by atoms with Crippen LogP contribution < -0.4 is 5.32 Å². The van der Waals surface area contributed by atoms with Crippen molar-refractivity contribution in [3.63, 3.8) is 0 Å². The fourth-order valence-corrected chi connectivity index (χ4v) is 2.77. The van der Waals surface area contributed by atoms with Crippen molar-refractivity contribution in [2.75, 3.05) is 27.2 Å². The van der Waals surface area contributed by atoms with Crippen molar-refractivity contribution in [3.05, 3.63) is 0 Å². The summed E-state index contributed by atoms with van der Waals surface area (Å²) in [4.78, 5) is 13.7. The molecule has 4 nitrogen and oxygen atoms in total. The second-order valence-corrected chi connectivity index (χ2v) is 5.13. The predicted molar refractivity (Wildman–Crippen MR) is 69.3 cm³/mol. The van der Waals surface area contributed by atoms with E-state index < -0.39 is 12.0 Å². The Hall–Kier alpha value is -0.750. The summed E-state index contributed by atoms with van der Waals surface area (Å²) in [6, 6.07) is -0.0143. The Kier molecular flexibility index (Phi) is 6.13. The van der Waals surface area contributed by atoms with Crippen LogP contribution in [0.1, 0.15) is 32.6 Å². The van der Waals surface area contributed by atoms with Crippen LogP contribution in [0.5, 0.6) is 0 Å². The van der Waals surface area contributed by atoms with Crippen LogP contribution in [0.15, 0.2) is 0 Å². The number of carbonyl (C=O) groups excluding carboxylic acids is 1. The molecule has 0 spiro atoms. The quantitative estimate of drug-likeness (QED) is 0.750. The number of rotatable bonds is 6. The van der Waals surface area contributed by atoms with Gasteiger partial charge in [0.1, 0.15) is 5.54 Å². The van der Waals surface area contributed by atoms with Gasteiger partial charge in [-0.3, -0.25) is 9.69 Å². The van der Waals surface area contributed by atoms with Crippen LogP contribution in [-0.4, -0.2) is 56.1 Å². The summed E-state index contributed by atoms with van der Waals surface area (Å²) in [7, 11) is 3.42. The van der Waals surface area contributed by atoms with Crippen LogP contribution in [0.3, 0.4) is 0 Å². The van der Waals surface area contributed by atoms with Crippen molar-refractivity contribution < 1.29 is 18.3 Å². The molecule has 1 aliphatic carbocycles. The van der Waals surface area contributed by atoms with Gasteiger partial charge in [0, 0.05) is 6.04 Å². The molecule has 112 valence electrons. The zero-order valence-electron chi connectivity index (χ0n) is 11.9. The van der Waals surface area contributed by atoms with E-state index in [1.807, 2.05) is 0 Å². The van der Waals surface area contributed by atoms with E-state index in [0.29, 0.717) is 19.4 Å². The van der Waals surface area contributed by atoms with Gasteiger partial charge in [-0.25, -0.2) is 8.78 Å². The van der Waals surface area contributed by atoms with Gasteiger partial charge in [-0.1, -0.05) is 0 Å². The van der Waals surface area contributed by atoms with E-state index in [1.165, 1.54) is 0 Å². The molecular weight excluding hydrogens is 254 g/mol. The highest BCUT2D eigenvalue weighted by Gasteiger charge is 2.43. The van der Waals surface area contributed by atoms with Gasteiger partial charge in [0.2, 0.25) is 0 Å². The van der Waals surface area contributed by atoms with Gasteiger partial charge in [-0.15, -0.1) is 0 Å². The Balaban J connectivity index is 2.72. The smallest absolute Gasteiger partial charge is 0.326 e. The fraction of sp³-hybridized carbons (Fsp3) is 0.923. The van der Waals surface area contributed by atoms with Crippen molar-refractivity contribution >= 4 is 5.97 Å². The molecule has 0 aromatic heterocycles. The second kappa shape index (κ2) is 7.14. The number of nitrogens with one attached hydrogen (secondary N) is 1. The standard InChI is InChI=1S/C13H24F2N2O2/c1-4-19-12(18)13(16-2)7-5-6-10(8-13)17(3)9-11(14)15/h10-11,16H,4-9H2,1-3H3. The topological polar surface area (TPSA) is 41.6 Å². The van der Waals surface area contributed by atoms with E-state index in [0.717, 1.165) is 12.8 Å². The summed E-state index contributed by atoms with van der Waals surface area (Å²) < 4.78 is 30.0. The zero-order valence-corrected chi connectivity index (χ0v) is 11.9. The van der Waals surface area contributed by atoms with Crippen LogP contribution >= 0.6 is 0 Å². The van der Waals surface area contributed by atoms with E-state index in [9.17, 15) is 13.6 Å². The maximum absolute atomic E-state index is 12.4. The van der Waals surface area contributed by atoms with Crippen LogP contribution in [0.2, 0.25) is 0 Å². The predicted octanol–water partition coefficient (Wildman–Crippen LogP) is 1.65. The number of carbonyl (C=O) groups is 1. The number of ether oxygens (including phenoxy) is 1. The van der Waals surface area contributed by atoms with Gasteiger partial charge in [-0.05, 0) is 46.7 Å². The summed E-state index contributed by atoms with van der Waals surface area (Å²) in [5.41, 5.74) is -0.727. The Labute approximate surface area is 113 Å². The summed E-state index contributed by atoms with van der Waals surface area (Å²) in [5, 5.41) is 3.05. The molecule has 0 radical (unpaired) electrons. The lowest BCUT2D eigenvalue weighted by Crippen LogP contribution is -2.57. The monoisotopic (exact) mass is 278 g/mol. The molecule has 1 N–H and O–H groups in total. The maximum atomic E-state index is 12.4. The van der Waals surface area contributed by atoms with Gasteiger partial charge < -0.3 is 10.1 Å². The third-order valence-electron chi connectivity index (χ3n) is 3.92. The summed E-state index contributed by atoms with van der Waals surface area (Å²) in [6.45, 7) is 1.84. The highest BCUT2D eigenvalue weighted by atomic mass is 19.3. The van der Waals surface area contributed by atoms with Crippen molar-refractivity contribution in [2.45, 2.75) is 50.6 Å². The molecule has 6 heteroatoms. The highest BCUT2D eigenvalue weighted by Crippen LogP contribution is 2.32. The number of esters is 1. The van der Waals surface area contributed by atoms with Crippen LogP contribution in [0.25, 0.3) is 0 Å². The molecule has 2 atom stereocenters. The molecular formula is C13H24F2N2O2. The Bertz CT molecular complexity index is 302. The second-order valence-electron chi connectivity index (χ2n) is 5.13. The minimum atomic E-state index is -2.35. The van der Waals surface area contributed by atoms with Crippen LogP contribution in [0.4, 0.5) is 8.78 Å². The molecule has 0 bridgehead atoms. The number of hydrogen-bond acceptors (Lipinski definition) is 4. The molecule has 0 amide bonds. The van der Waals surface area contributed by atoms with Gasteiger partial charge in [0.15, 0.2) is 0 Å². The van der Waals surface area contributed by atoms with Crippen molar-refractivity contribution in [1.82, 2.24) is 10.2 Å². The van der Waals surface area contributed by atoms with Gasteiger partial charge in [0.25, 0.3) is 6.43 Å². The van der Waals surface area contributed by atoms with Crippen LogP contribution in [0, 0.1) is 0 Å². The lowest BCUT2D eigenvalue weighted by molar-refractivity contribution is -0.153. The first-order chi connectivity index (χ1) is 8.95. The Morgan fingerprint density at radius 3 is 2.79 bits per heavy atom. The molecule has 1 saturated carbocycles. The SMILES string of the molecule is CCOC(=O)C1(NC)CCCC(N(C)CC(F)F)C1. The third kappa shape index (κ3) is 4.11. The van der Waals surface area contributed by atoms with Gasteiger partial charge in [-0.2, -0.15) is 0 Å². The van der Waals surface area contributed by atoms with Gasteiger partial charge in [0.05, 0.1) is 13.2 Å². The van der Waals surface area contributed by atoms with Crippen molar-refractivity contribution in [3.8, 4) is 0 Å². The molecule has 0 heterocycles. The van der Waals surface area contributed by atoms with E-state index in [-0.39, 0.29) is 18.6 Å². The summed E-state index contributed by atoms with van der Waals surface area (Å²) >= 11 is 0. The summed E-state index contributed by atoms with van der Waals surface area (Å²) in [5.74, 6) is -0.271. The molecule has 0 aliphatic heterocycles. The molecule has 2 unspecified atom stereocenters. The van der Waals surface area contributed by atoms with E-state index >= 15 is 0 Å². The van der Waals surface area contributed by atoms with E-state index in [1.54, 1.807) is 25.9 Å². The van der Waals surface area contributed by atoms with E-state index in [4.69, 9.17) is 4.74 Å². The van der Waals surface area contributed by atoms with Crippen LogP contribution in [-0.2, 0) is 9.53 Å². The fourth-order valence-electron chi connectivity index (χ4n) is 2.77. The first-order valence-electron chi connectivity index (χ1n) is 6.79. The number of hydrogen-bond donors (Lipinski definition) is 1. The average molecular weight is 278 g/mol. The van der Waals surface area contributed by atoms with Crippen molar-refractivity contribution in [2.24, 2.45) is 0 Å². The minimum absolute atomic E-state index is 0.0143. The van der Waals surface area contributed by atoms with Crippen molar-refractivity contribution in [1.29, 1.82) is 0 Å². The Morgan fingerprint density at radius 1 is 1.58 bits per heavy atom. The number of halogens is 2. The lowest BCUT2D eigenvalue weighted by atomic mass is 9.78. The Morgan fingerprint density at radius 2 is 2.26 bits per heavy atom. The summed E-state index contributed by atoms with van der Waals surface area (Å²) in [6.07, 6.45) is 0.537. The first kappa shape index (κ1) is 16.3. The molecule has 1 fully saturated rings. The lowest BCUT2D eigenvalue weighted by Gasteiger charge is -2.41. The minimum Gasteiger partial charge on any atom is -0.465 e. The maximum Gasteiger partial charge on any atom is 0.326 e. The van der Waals surface area contributed by atoms with E-state index in [2.05, 4.69) is 5.32 Å². The molecule has 1 rings (SSSR count). The number of alkyl halides is 2. The average Bonchev–Trinajstić information content (AvgIpc) is 2.38.